The molecule has 0 saturated heterocycles. The second-order valence-corrected chi connectivity index (χ2v) is 8.37. The molecule has 3 aromatic rings. The summed E-state index contributed by atoms with van der Waals surface area (Å²) in [4.78, 5) is 13.4. The molecule has 0 bridgehead atoms. The highest BCUT2D eigenvalue weighted by Crippen LogP contribution is 2.67. The summed E-state index contributed by atoms with van der Waals surface area (Å²) >= 11 is 6.17. The summed E-state index contributed by atoms with van der Waals surface area (Å²) in [5, 5.41) is 9.95. The molecule has 0 spiro atoms. The lowest BCUT2D eigenvalue weighted by atomic mass is 9.83. The molecule has 5 rings (SSSR count). The molecule has 6 heteroatoms. The molecule has 3 heterocycles. The summed E-state index contributed by atoms with van der Waals surface area (Å²) in [6, 6.07) is 6.12. The van der Waals surface area contributed by atoms with Crippen LogP contribution in [0.2, 0.25) is 5.02 Å². The van der Waals surface area contributed by atoms with E-state index in [2.05, 4.69) is 32.5 Å². The zero-order valence-corrected chi connectivity index (χ0v) is 15.9. The first-order chi connectivity index (χ1) is 13.1. The molecule has 3 aromatic heterocycles. The number of hydrogen-bond donors (Lipinski definition) is 0. The molecular formula is C21H20ClN5. The van der Waals surface area contributed by atoms with E-state index in [1.54, 1.807) is 18.5 Å². The molecule has 0 amide bonds. The van der Waals surface area contributed by atoms with Gasteiger partial charge in [-0.3, -0.25) is 4.98 Å². The van der Waals surface area contributed by atoms with Crippen LogP contribution in [0.5, 0.6) is 0 Å². The van der Waals surface area contributed by atoms with Crippen LogP contribution in [0.25, 0.3) is 22.3 Å². The summed E-state index contributed by atoms with van der Waals surface area (Å²) in [5.74, 6) is 0.835. The van der Waals surface area contributed by atoms with Gasteiger partial charge >= 0.3 is 0 Å². The Balaban J connectivity index is 1.70. The van der Waals surface area contributed by atoms with Gasteiger partial charge in [-0.05, 0) is 43.6 Å². The van der Waals surface area contributed by atoms with Gasteiger partial charge in [0.25, 0.3) is 0 Å². The molecule has 2 fully saturated rings. The maximum Gasteiger partial charge on any atom is 0.143 e. The highest BCUT2D eigenvalue weighted by molar-refractivity contribution is 6.30. The van der Waals surface area contributed by atoms with Crippen LogP contribution in [-0.2, 0) is 0 Å². The number of nitriles is 1. The number of fused-ring (bicyclic) bond motifs is 2. The highest BCUT2D eigenvalue weighted by atomic mass is 35.5. The van der Waals surface area contributed by atoms with E-state index in [0.717, 1.165) is 28.2 Å². The third kappa shape index (κ3) is 2.55. The number of halogens is 1. The van der Waals surface area contributed by atoms with Gasteiger partial charge in [0.05, 0.1) is 28.1 Å². The Bertz CT molecular complexity index is 1080. The number of rotatable bonds is 3. The number of hydrogen-bond acceptors (Lipinski definition) is 4. The minimum absolute atomic E-state index is 0.355. The molecule has 5 nitrogen and oxygen atoms in total. The summed E-state index contributed by atoms with van der Waals surface area (Å²) in [6.45, 7) is 2.31. The van der Waals surface area contributed by atoms with Crippen molar-refractivity contribution in [3.63, 3.8) is 0 Å². The van der Waals surface area contributed by atoms with E-state index in [0.29, 0.717) is 22.2 Å². The second-order valence-electron chi connectivity index (χ2n) is 7.94. The van der Waals surface area contributed by atoms with Gasteiger partial charge in [-0.15, -0.1) is 0 Å². The molecule has 2 aliphatic rings. The number of imidazole rings is 1. The predicted octanol–water partition coefficient (Wildman–Crippen LogP) is 5.16. The summed E-state index contributed by atoms with van der Waals surface area (Å²) in [7, 11) is 0. The van der Waals surface area contributed by atoms with Gasteiger partial charge in [-0.1, -0.05) is 24.4 Å². The minimum atomic E-state index is 0.355. The molecule has 0 aliphatic heterocycles. The average Bonchev–Trinajstić information content (AvgIpc) is 3.30. The van der Waals surface area contributed by atoms with Gasteiger partial charge in [-0.2, -0.15) is 5.26 Å². The van der Waals surface area contributed by atoms with Crippen LogP contribution in [0.15, 0.2) is 30.9 Å². The maximum absolute atomic E-state index is 9.40. The molecule has 3 atom stereocenters. The molecule has 0 aromatic carbocycles. The Morgan fingerprint density at radius 3 is 3.00 bits per heavy atom. The van der Waals surface area contributed by atoms with Gasteiger partial charge in [-0.25, -0.2) is 9.97 Å². The number of nitrogens with zero attached hydrogens (tertiary/aromatic N) is 5. The van der Waals surface area contributed by atoms with E-state index in [1.165, 1.54) is 32.1 Å². The summed E-state index contributed by atoms with van der Waals surface area (Å²) < 4.78 is 2.27. The Morgan fingerprint density at radius 1 is 1.33 bits per heavy atom. The van der Waals surface area contributed by atoms with Crippen LogP contribution >= 0.6 is 11.6 Å². The predicted molar refractivity (Wildman–Crippen MR) is 104 cm³/mol. The normalized spacial score (nSPS) is 25.0. The molecule has 0 N–H and O–H groups in total. The van der Waals surface area contributed by atoms with Crippen LogP contribution < -0.4 is 0 Å². The van der Waals surface area contributed by atoms with E-state index in [1.807, 2.05) is 12.4 Å². The Morgan fingerprint density at radius 2 is 2.22 bits per heavy atom. The summed E-state index contributed by atoms with van der Waals surface area (Å²) in [6.07, 6.45) is 11.9. The van der Waals surface area contributed by atoms with Gasteiger partial charge in [0.15, 0.2) is 0 Å². The lowest BCUT2D eigenvalue weighted by molar-refractivity contribution is 0.242. The first kappa shape index (κ1) is 16.7. The van der Waals surface area contributed by atoms with Crippen LogP contribution in [0, 0.1) is 22.7 Å². The van der Waals surface area contributed by atoms with Crippen molar-refractivity contribution in [2.45, 2.75) is 45.1 Å². The standard InChI is InChI=1S/C21H20ClN5/c1-13(21-5-3-2-4-15(21)8-21)27-12-25-18-7-17(9-23)26-19(20(18)27)14-6-16(22)11-24-10-14/h6-7,10-13,15H,2-5,8H2,1H3/t13?,15-,21+/m1/s1. The number of aromatic nitrogens is 4. The quantitative estimate of drug-likeness (QED) is 0.632. The topological polar surface area (TPSA) is 67.4 Å². The third-order valence-electron chi connectivity index (χ3n) is 6.62. The van der Waals surface area contributed by atoms with E-state index in [4.69, 9.17) is 11.6 Å². The molecule has 2 aliphatic carbocycles. The fourth-order valence-electron chi connectivity index (χ4n) is 5.09. The van der Waals surface area contributed by atoms with Crippen LogP contribution in [0.1, 0.15) is 50.8 Å². The zero-order valence-electron chi connectivity index (χ0n) is 15.2. The first-order valence-electron chi connectivity index (χ1n) is 9.51. The largest absolute Gasteiger partial charge is 0.325 e. The Kier molecular flexibility index (Phi) is 3.73. The van der Waals surface area contributed by atoms with Crippen molar-refractivity contribution in [3.05, 3.63) is 41.6 Å². The van der Waals surface area contributed by atoms with Crippen molar-refractivity contribution in [2.24, 2.45) is 11.3 Å². The molecule has 136 valence electrons. The SMILES string of the molecule is CC(n1cnc2cc(C#N)nc(-c3cncc(Cl)c3)c21)[C@@]12CCCC[C@@H]1C2. The average molecular weight is 378 g/mol. The molecule has 27 heavy (non-hydrogen) atoms. The minimum Gasteiger partial charge on any atom is -0.325 e. The van der Waals surface area contributed by atoms with E-state index < -0.39 is 0 Å². The van der Waals surface area contributed by atoms with Crippen molar-refractivity contribution < 1.29 is 0 Å². The number of pyridine rings is 2. The van der Waals surface area contributed by atoms with Gasteiger partial charge in [0, 0.05) is 30.1 Å². The Hall–Kier alpha value is -2.45. The van der Waals surface area contributed by atoms with Crippen molar-refractivity contribution in [1.29, 1.82) is 5.26 Å². The van der Waals surface area contributed by atoms with Crippen LogP contribution in [0.3, 0.4) is 0 Å². The van der Waals surface area contributed by atoms with Crippen molar-refractivity contribution in [3.8, 4) is 17.3 Å². The van der Waals surface area contributed by atoms with E-state index >= 15 is 0 Å². The Labute approximate surface area is 163 Å². The first-order valence-corrected chi connectivity index (χ1v) is 9.89. The van der Waals surface area contributed by atoms with Gasteiger partial charge in [0.2, 0.25) is 0 Å². The zero-order chi connectivity index (χ0) is 18.6. The van der Waals surface area contributed by atoms with E-state index in [9.17, 15) is 5.26 Å². The molecule has 1 unspecified atom stereocenters. The lowest BCUT2D eigenvalue weighted by Crippen LogP contribution is -2.22. The fourth-order valence-corrected chi connectivity index (χ4v) is 5.27. The summed E-state index contributed by atoms with van der Waals surface area (Å²) in [5.41, 5.74) is 4.06. The van der Waals surface area contributed by atoms with E-state index in [-0.39, 0.29) is 0 Å². The van der Waals surface area contributed by atoms with Crippen LogP contribution in [-0.4, -0.2) is 19.5 Å². The van der Waals surface area contributed by atoms with Gasteiger partial charge in [0.1, 0.15) is 11.8 Å². The van der Waals surface area contributed by atoms with Crippen molar-refractivity contribution >= 4 is 22.6 Å². The molecule has 0 radical (unpaired) electrons. The smallest absolute Gasteiger partial charge is 0.143 e. The van der Waals surface area contributed by atoms with Crippen molar-refractivity contribution in [1.82, 2.24) is 19.5 Å². The highest BCUT2D eigenvalue weighted by Gasteiger charge is 2.58. The third-order valence-corrected chi connectivity index (χ3v) is 6.83. The second kappa shape index (κ2) is 6.03. The van der Waals surface area contributed by atoms with Crippen molar-refractivity contribution in [2.75, 3.05) is 0 Å². The monoisotopic (exact) mass is 377 g/mol. The fraction of sp³-hybridized carbons (Fsp3) is 0.429. The maximum atomic E-state index is 9.40. The molecule has 2 saturated carbocycles. The lowest BCUT2D eigenvalue weighted by Gasteiger charge is -2.30. The van der Waals surface area contributed by atoms with Crippen LogP contribution in [0.4, 0.5) is 0 Å². The molecular weight excluding hydrogens is 358 g/mol. The van der Waals surface area contributed by atoms with Gasteiger partial charge < -0.3 is 4.57 Å².